The number of ether oxygens (including phenoxy) is 1. The lowest BCUT2D eigenvalue weighted by Gasteiger charge is -2.29. The van der Waals surface area contributed by atoms with Crippen molar-refractivity contribution in [2.24, 2.45) is 0 Å². The molecule has 0 radical (unpaired) electrons. The first-order valence-corrected chi connectivity index (χ1v) is 6.32. The molecule has 0 saturated heterocycles. The zero-order valence-corrected chi connectivity index (χ0v) is 11.6. The summed E-state index contributed by atoms with van der Waals surface area (Å²) in [7, 11) is 1.64. The van der Waals surface area contributed by atoms with E-state index < -0.39 is 5.54 Å². The lowest BCUT2D eigenvalue weighted by atomic mass is 10.0. The first-order valence-electron chi connectivity index (χ1n) is 6.32. The maximum Gasteiger partial charge on any atom is 0.0962 e. The molecule has 0 aliphatic rings. The van der Waals surface area contributed by atoms with Gasteiger partial charge in [0.1, 0.15) is 0 Å². The SMILES string of the molecule is COCC(C)(CO)n1cnc(-c2ccccc2)c1C. The maximum absolute atomic E-state index is 9.65. The number of hydrogen-bond acceptors (Lipinski definition) is 3. The molecule has 1 aromatic carbocycles. The second kappa shape index (κ2) is 5.55. The van der Waals surface area contributed by atoms with Crippen molar-refractivity contribution in [2.75, 3.05) is 20.3 Å². The third kappa shape index (κ3) is 2.55. The zero-order chi connectivity index (χ0) is 13.9. The van der Waals surface area contributed by atoms with Crippen LogP contribution < -0.4 is 0 Å². The molecule has 1 aromatic heterocycles. The zero-order valence-electron chi connectivity index (χ0n) is 11.6. The Bertz CT molecular complexity index is 536. The normalized spacial score (nSPS) is 14.3. The fourth-order valence-corrected chi connectivity index (χ4v) is 2.34. The fourth-order valence-electron chi connectivity index (χ4n) is 2.34. The van der Waals surface area contributed by atoms with Crippen LogP contribution in [0.25, 0.3) is 11.3 Å². The van der Waals surface area contributed by atoms with E-state index in [1.165, 1.54) is 0 Å². The van der Waals surface area contributed by atoms with Gasteiger partial charge < -0.3 is 14.4 Å². The number of hydrogen-bond donors (Lipinski definition) is 1. The average Bonchev–Trinajstić information content (AvgIpc) is 2.82. The van der Waals surface area contributed by atoms with E-state index in [-0.39, 0.29) is 6.61 Å². The summed E-state index contributed by atoms with van der Waals surface area (Å²) in [6.45, 7) is 4.42. The van der Waals surface area contributed by atoms with E-state index in [1.54, 1.807) is 13.4 Å². The first-order chi connectivity index (χ1) is 9.12. The van der Waals surface area contributed by atoms with Gasteiger partial charge in [-0.1, -0.05) is 30.3 Å². The summed E-state index contributed by atoms with van der Waals surface area (Å²) in [5, 5.41) is 9.65. The van der Waals surface area contributed by atoms with Crippen molar-refractivity contribution in [3.05, 3.63) is 42.4 Å². The highest BCUT2D eigenvalue weighted by Crippen LogP contribution is 2.26. The number of nitrogens with zero attached hydrogens (tertiary/aromatic N) is 2. The Hall–Kier alpha value is -1.65. The number of benzene rings is 1. The summed E-state index contributed by atoms with van der Waals surface area (Å²) >= 11 is 0. The number of rotatable bonds is 5. The monoisotopic (exact) mass is 260 g/mol. The third-order valence-corrected chi connectivity index (χ3v) is 3.43. The van der Waals surface area contributed by atoms with Crippen LogP contribution in [-0.2, 0) is 10.3 Å². The molecule has 0 bridgehead atoms. The van der Waals surface area contributed by atoms with Crippen LogP contribution in [0, 0.1) is 6.92 Å². The summed E-state index contributed by atoms with van der Waals surface area (Å²) in [6, 6.07) is 10.0. The fraction of sp³-hybridized carbons (Fsp3) is 0.400. The molecular formula is C15H20N2O2. The Morgan fingerprint density at radius 1 is 1.32 bits per heavy atom. The average molecular weight is 260 g/mol. The Kier molecular flexibility index (Phi) is 4.02. The summed E-state index contributed by atoms with van der Waals surface area (Å²) in [5.41, 5.74) is 2.56. The number of aromatic nitrogens is 2. The van der Waals surface area contributed by atoms with Gasteiger partial charge in [-0.15, -0.1) is 0 Å². The topological polar surface area (TPSA) is 47.3 Å². The molecule has 0 saturated carbocycles. The van der Waals surface area contributed by atoms with E-state index in [9.17, 15) is 5.11 Å². The van der Waals surface area contributed by atoms with Crippen molar-refractivity contribution < 1.29 is 9.84 Å². The van der Waals surface area contributed by atoms with Crippen LogP contribution >= 0.6 is 0 Å². The lowest BCUT2D eigenvalue weighted by Crippen LogP contribution is -2.39. The van der Waals surface area contributed by atoms with E-state index >= 15 is 0 Å². The molecule has 0 fully saturated rings. The van der Waals surface area contributed by atoms with Gasteiger partial charge in [-0.2, -0.15) is 0 Å². The van der Waals surface area contributed by atoms with Gasteiger partial charge in [0.05, 0.1) is 30.8 Å². The van der Waals surface area contributed by atoms with Gasteiger partial charge in [0.15, 0.2) is 0 Å². The van der Waals surface area contributed by atoms with E-state index in [2.05, 4.69) is 4.98 Å². The summed E-state index contributed by atoms with van der Waals surface area (Å²) in [5.74, 6) is 0. The van der Waals surface area contributed by atoms with Crippen molar-refractivity contribution in [3.63, 3.8) is 0 Å². The number of imidazole rings is 1. The Labute approximate surface area is 113 Å². The van der Waals surface area contributed by atoms with Gasteiger partial charge in [0.25, 0.3) is 0 Å². The van der Waals surface area contributed by atoms with E-state index in [1.807, 2.05) is 48.7 Å². The second-order valence-electron chi connectivity index (χ2n) is 5.00. The van der Waals surface area contributed by atoms with E-state index in [0.29, 0.717) is 6.61 Å². The van der Waals surface area contributed by atoms with Crippen LogP contribution in [0.4, 0.5) is 0 Å². The summed E-state index contributed by atoms with van der Waals surface area (Å²) in [4.78, 5) is 4.48. The number of methoxy groups -OCH3 is 1. The minimum atomic E-state index is -0.487. The molecular weight excluding hydrogens is 240 g/mol. The molecule has 0 aliphatic heterocycles. The first kappa shape index (κ1) is 13.8. The second-order valence-corrected chi connectivity index (χ2v) is 5.00. The molecule has 0 spiro atoms. The predicted molar refractivity (Wildman–Crippen MR) is 75.0 cm³/mol. The Balaban J connectivity index is 2.43. The van der Waals surface area contributed by atoms with Crippen LogP contribution in [0.5, 0.6) is 0 Å². The molecule has 102 valence electrons. The molecule has 19 heavy (non-hydrogen) atoms. The van der Waals surface area contributed by atoms with Gasteiger partial charge in [-0.05, 0) is 13.8 Å². The molecule has 1 heterocycles. The minimum absolute atomic E-state index is 0.00622. The summed E-state index contributed by atoms with van der Waals surface area (Å²) in [6.07, 6.45) is 1.77. The smallest absolute Gasteiger partial charge is 0.0962 e. The predicted octanol–water partition coefficient (Wildman–Crippen LogP) is 2.21. The highest BCUT2D eigenvalue weighted by Gasteiger charge is 2.28. The van der Waals surface area contributed by atoms with E-state index in [0.717, 1.165) is 17.0 Å². The molecule has 2 aromatic rings. The number of aliphatic hydroxyl groups excluding tert-OH is 1. The van der Waals surface area contributed by atoms with Crippen LogP contribution in [0.2, 0.25) is 0 Å². The molecule has 0 amide bonds. The van der Waals surface area contributed by atoms with Crippen LogP contribution in [-0.4, -0.2) is 35.0 Å². The molecule has 1 N–H and O–H groups in total. The van der Waals surface area contributed by atoms with Crippen LogP contribution in [0.1, 0.15) is 12.6 Å². The largest absolute Gasteiger partial charge is 0.394 e. The molecule has 4 nitrogen and oxygen atoms in total. The highest BCUT2D eigenvalue weighted by atomic mass is 16.5. The van der Waals surface area contributed by atoms with E-state index in [4.69, 9.17) is 4.74 Å². The minimum Gasteiger partial charge on any atom is -0.394 e. The molecule has 1 atom stereocenters. The van der Waals surface area contributed by atoms with Gasteiger partial charge >= 0.3 is 0 Å². The van der Waals surface area contributed by atoms with Gasteiger partial charge in [0, 0.05) is 18.4 Å². The Morgan fingerprint density at radius 3 is 2.58 bits per heavy atom. The Morgan fingerprint density at radius 2 is 2.00 bits per heavy atom. The molecule has 0 aliphatic carbocycles. The maximum atomic E-state index is 9.65. The molecule has 4 heteroatoms. The van der Waals surface area contributed by atoms with Gasteiger partial charge in [0.2, 0.25) is 0 Å². The van der Waals surface area contributed by atoms with Crippen molar-refractivity contribution in [1.29, 1.82) is 0 Å². The van der Waals surface area contributed by atoms with Crippen molar-refractivity contribution >= 4 is 0 Å². The van der Waals surface area contributed by atoms with Crippen molar-refractivity contribution in [1.82, 2.24) is 9.55 Å². The van der Waals surface area contributed by atoms with Gasteiger partial charge in [-0.25, -0.2) is 4.98 Å². The standard InChI is InChI=1S/C15H20N2O2/c1-12-14(13-7-5-4-6-8-13)16-11-17(12)15(2,9-18)10-19-3/h4-8,11,18H,9-10H2,1-3H3. The molecule has 1 unspecified atom stereocenters. The van der Waals surface area contributed by atoms with Gasteiger partial charge in [-0.3, -0.25) is 0 Å². The lowest BCUT2D eigenvalue weighted by molar-refractivity contribution is 0.0488. The van der Waals surface area contributed by atoms with Crippen LogP contribution in [0.15, 0.2) is 36.7 Å². The number of aliphatic hydroxyl groups is 1. The highest BCUT2D eigenvalue weighted by molar-refractivity contribution is 5.61. The van der Waals surface area contributed by atoms with Crippen molar-refractivity contribution in [2.45, 2.75) is 19.4 Å². The summed E-state index contributed by atoms with van der Waals surface area (Å²) < 4.78 is 7.20. The van der Waals surface area contributed by atoms with Crippen molar-refractivity contribution in [3.8, 4) is 11.3 Å². The van der Waals surface area contributed by atoms with Crippen LogP contribution in [0.3, 0.4) is 0 Å². The molecule has 2 rings (SSSR count). The quantitative estimate of drug-likeness (QED) is 0.896. The third-order valence-electron chi connectivity index (χ3n) is 3.43.